The lowest BCUT2D eigenvalue weighted by atomic mass is 10.2. The van der Waals surface area contributed by atoms with Crippen LogP contribution in [-0.4, -0.2) is 58.0 Å². The number of likely N-dealkylation sites (N-methyl/N-ethyl adjacent to an activating group) is 1. The van der Waals surface area contributed by atoms with Crippen LogP contribution in [0.15, 0.2) is 17.0 Å². The van der Waals surface area contributed by atoms with Gasteiger partial charge in [0.1, 0.15) is 0 Å². The molecule has 1 unspecified atom stereocenters. The zero-order chi connectivity index (χ0) is 15.8. The Bertz CT molecular complexity index is 611. The van der Waals surface area contributed by atoms with E-state index >= 15 is 0 Å². The van der Waals surface area contributed by atoms with Gasteiger partial charge in [0, 0.05) is 19.1 Å². The number of hydrogen-bond donors (Lipinski definition) is 1. The predicted molar refractivity (Wildman–Crippen MR) is 78.2 cm³/mol. The maximum absolute atomic E-state index is 13.8. The molecule has 0 aliphatic carbocycles. The van der Waals surface area contributed by atoms with Crippen LogP contribution in [0.3, 0.4) is 0 Å². The predicted octanol–water partition coefficient (Wildman–Crippen LogP) is 0.741. The molecule has 1 aromatic carbocycles. The molecular weight excluding hydrogens is 297 g/mol. The van der Waals surface area contributed by atoms with E-state index in [-0.39, 0.29) is 22.4 Å². The zero-order valence-corrected chi connectivity index (χ0v) is 13.2. The van der Waals surface area contributed by atoms with E-state index in [2.05, 4.69) is 0 Å². The van der Waals surface area contributed by atoms with E-state index in [0.717, 1.165) is 12.5 Å². The number of anilines is 1. The van der Waals surface area contributed by atoms with Gasteiger partial charge in [0.05, 0.1) is 17.7 Å². The summed E-state index contributed by atoms with van der Waals surface area (Å²) in [4.78, 5) is 1.84. The van der Waals surface area contributed by atoms with Gasteiger partial charge in [-0.05, 0) is 32.6 Å². The van der Waals surface area contributed by atoms with Crippen molar-refractivity contribution in [2.24, 2.45) is 0 Å². The highest BCUT2D eigenvalue weighted by Gasteiger charge is 2.34. The lowest BCUT2D eigenvalue weighted by Crippen LogP contribution is -2.34. The Morgan fingerprint density at radius 2 is 2.10 bits per heavy atom. The second-order valence-electron chi connectivity index (χ2n) is 5.30. The Hall–Kier alpha value is -1.38. The summed E-state index contributed by atoms with van der Waals surface area (Å²) in [7, 11) is 1.36. The molecule has 118 valence electrons. The van der Waals surface area contributed by atoms with Crippen LogP contribution >= 0.6 is 0 Å². The Kier molecular flexibility index (Phi) is 4.40. The van der Waals surface area contributed by atoms with E-state index in [4.69, 9.17) is 10.5 Å². The Labute approximate surface area is 124 Å². The molecule has 2 N–H and O–H groups in total. The first-order valence-electron chi connectivity index (χ1n) is 6.57. The molecule has 2 rings (SSSR count). The van der Waals surface area contributed by atoms with Gasteiger partial charge >= 0.3 is 0 Å². The van der Waals surface area contributed by atoms with Crippen LogP contribution in [0.25, 0.3) is 0 Å². The molecule has 1 atom stereocenters. The average molecular weight is 317 g/mol. The summed E-state index contributed by atoms with van der Waals surface area (Å²) in [5.74, 6) is -0.916. The molecule has 1 aliphatic heterocycles. The minimum atomic E-state index is -3.74. The maximum atomic E-state index is 13.8. The van der Waals surface area contributed by atoms with E-state index in [1.54, 1.807) is 0 Å². The van der Waals surface area contributed by atoms with Gasteiger partial charge in [-0.2, -0.15) is 4.31 Å². The number of halogens is 1. The van der Waals surface area contributed by atoms with Gasteiger partial charge in [-0.15, -0.1) is 0 Å². The van der Waals surface area contributed by atoms with Crippen LogP contribution in [0.1, 0.15) is 6.42 Å². The third-order valence-corrected chi connectivity index (χ3v) is 5.59. The van der Waals surface area contributed by atoms with Crippen LogP contribution in [0.5, 0.6) is 5.75 Å². The molecule has 0 bridgehead atoms. The summed E-state index contributed by atoms with van der Waals surface area (Å²) in [5.41, 5.74) is 5.62. The van der Waals surface area contributed by atoms with Crippen molar-refractivity contribution in [3.63, 3.8) is 0 Å². The smallest absolute Gasteiger partial charge is 0.243 e. The highest BCUT2D eigenvalue weighted by atomic mass is 32.2. The van der Waals surface area contributed by atoms with Crippen molar-refractivity contribution in [2.75, 3.05) is 40.0 Å². The van der Waals surface area contributed by atoms with Crippen molar-refractivity contribution in [1.82, 2.24) is 9.21 Å². The summed E-state index contributed by atoms with van der Waals surface area (Å²) in [6, 6.07) is 2.36. The first-order chi connectivity index (χ1) is 9.77. The van der Waals surface area contributed by atoms with Gasteiger partial charge in [0.2, 0.25) is 10.0 Å². The minimum absolute atomic E-state index is 0.0283. The molecular formula is C13H20FN3O3S. The average Bonchev–Trinajstić information content (AvgIpc) is 2.88. The van der Waals surface area contributed by atoms with Gasteiger partial charge in [0.25, 0.3) is 0 Å². The first kappa shape index (κ1) is 16.0. The highest BCUT2D eigenvalue weighted by Crippen LogP contribution is 2.31. The number of ether oxygens (including phenoxy) is 1. The highest BCUT2D eigenvalue weighted by molar-refractivity contribution is 7.89. The van der Waals surface area contributed by atoms with Crippen LogP contribution in [0.2, 0.25) is 0 Å². The Morgan fingerprint density at radius 1 is 1.43 bits per heavy atom. The number of benzene rings is 1. The molecule has 1 fully saturated rings. The standard InChI is InChI=1S/C13H20FN3O3S/c1-16(2)9-4-5-17(8-9)21(18,19)10-6-11(14)13(20-3)12(15)7-10/h6-7,9H,4-5,8,15H2,1-3H3. The second kappa shape index (κ2) is 5.78. The monoisotopic (exact) mass is 317 g/mol. The van der Waals surface area contributed by atoms with Gasteiger partial charge in [-0.25, -0.2) is 12.8 Å². The van der Waals surface area contributed by atoms with Crippen molar-refractivity contribution >= 4 is 15.7 Å². The molecule has 0 aromatic heterocycles. The number of nitrogens with two attached hydrogens (primary N) is 1. The SMILES string of the molecule is COc1c(N)cc(S(=O)(=O)N2CCC(N(C)C)C2)cc1F. The van der Waals surface area contributed by atoms with E-state index < -0.39 is 15.8 Å². The van der Waals surface area contributed by atoms with E-state index in [0.29, 0.717) is 13.1 Å². The quantitative estimate of drug-likeness (QED) is 0.829. The minimum Gasteiger partial charge on any atom is -0.492 e. The van der Waals surface area contributed by atoms with Crippen molar-refractivity contribution in [3.05, 3.63) is 17.9 Å². The fraction of sp³-hybridized carbons (Fsp3) is 0.538. The van der Waals surface area contributed by atoms with Crippen molar-refractivity contribution in [3.8, 4) is 5.75 Å². The second-order valence-corrected chi connectivity index (χ2v) is 7.23. The summed E-state index contributed by atoms with van der Waals surface area (Å²) in [6.07, 6.45) is 0.750. The van der Waals surface area contributed by atoms with Crippen LogP contribution < -0.4 is 10.5 Å². The van der Waals surface area contributed by atoms with E-state index in [9.17, 15) is 12.8 Å². The number of nitrogen functional groups attached to an aromatic ring is 1. The molecule has 1 aromatic rings. The number of methoxy groups -OCH3 is 1. The summed E-state index contributed by atoms with van der Waals surface area (Å²) < 4.78 is 45.1. The molecule has 1 heterocycles. The van der Waals surface area contributed by atoms with Crippen LogP contribution in [0.4, 0.5) is 10.1 Å². The maximum Gasteiger partial charge on any atom is 0.243 e. The number of sulfonamides is 1. The van der Waals surface area contributed by atoms with Gasteiger partial charge in [0.15, 0.2) is 11.6 Å². The third-order valence-electron chi connectivity index (χ3n) is 3.74. The fourth-order valence-electron chi connectivity index (χ4n) is 2.45. The lowest BCUT2D eigenvalue weighted by molar-refractivity contribution is 0.302. The van der Waals surface area contributed by atoms with Gasteiger partial charge in [-0.3, -0.25) is 0 Å². The fourth-order valence-corrected chi connectivity index (χ4v) is 3.99. The molecule has 6 nitrogen and oxygen atoms in total. The van der Waals surface area contributed by atoms with Gasteiger partial charge in [-0.1, -0.05) is 0 Å². The van der Waals surface area contributed by atoms with E-state index in [1.165, 1.54) is 17.5 Å². The summed E-state index contributed by atoms with van der Waals surface area (Å²) in [5, 5.41) is 0. The molecule has 0 spiro atoms. The normalized spacial score (nSPS) is 20.1. The lowest BCUT2D eigenvalue weighted by Gasteiger charge is -2.20. The zero-order valence-electron chi connectivity index (χ0n) is 12.3. The Balaban J connectivity index is 2.33. The molecule has 1 saturated heterocycles. The largest absolute Gasteiger partial charge is 0.492 e. The number of nitrogens with zero attached hydrogens (tertiary/aromatic N) is 2. The van der Waals surface area contributed by atoms with Crippen molar-refractivity contribution in [2.45, 2.75) is 17.4 Å². The van der Waals surface area contributed by atoms with Crippen LogP contribution in [0, 0.1) is 5.82 Å². The summed E-state index contributed by atoms with van der Waals surface area (Å²) >= 11 is 0. The third kappa shape index (κ3) is 2.97. The number of hydrogen-bond acceptors (Lipinski definition) is 5. The molecule has 21 heavy (non-hydrogen) atoms. The van der Waals surface area contributed by atoms with Crippen LogP contribution in [-0.2, 0) is 10.0 Å². The van der Waals surface area contributed by atoms with E-state index in [1.807, 2.05) is 19.0 Å². The number of rotatable bonds is 4. The molecule has 8 heteroatoms. The molecule has 1 aliphatic rings. The van der Waals surface area contributed by atoms with Crippen molar-refractivity contribution in [1.29, 1.82) is 0 Å². The van der Waals surface area contributed by atoms with Gasteiger partial charge < -0.3 is 15.4 Å². The summed E-state index contributed by atoms with van der Waals surface area (Å²) in [6.45, 7) is 0.807. The molecule has 0 radical (unpaired) electrons. The van der Waals surface area contributed by atoms with Crippen molar-refractivity contribution < 1.29 is 17.5 Å². The first-order valence-corrected chi connectivity index (χ1v) is 8.01. The topological polar surface area (TPSA) is 75.9 Å². The Morgan fingerprint density at radius 3 is 2.57 bits per heavy atom. The molecule has 0 amide bonds. The molecule has 0 saturated carbocycles.